The zero-order valence-corrected chi connectivity index (χ0v) is 13.3. The maximum atomic E-state index is 10.9. The van der Waals surface area contributed by atoms with Gasteiger partial charge in [-0.25, -0.2) is 0 Å². The van der Waals surface area contributed by atoms with Crippen LogP contribution in [0, 0.1) is 24.0 Å². The standard InChI is InChI=1S/C15H18N2O3S/c1-9-7-13(11(3)21-9)10(2)16-12-5-6-14(17(18)19)15(8-12)20-4/h5-8,10,16H,1-4H3. The van der Waals surface area contributed by atoms with Gasteiger partial charge in [0.25, 0.3) is 0 Å². The third-order valence-electron chi connectivity index (χ3n) is 3.31. The first-order chi connectivity index (χ1) is 9.92. The highest BCUT2D eigenvalue weighted by atomic mass is 32.1. The third-order valence-corrected chi connectivity index (χ3v) is 4.29. The van der Waals surface area contributed by atoms with Crippen molar-refractivity contribution in [1.82, 2.24) is 0 Å². The van der Waals surface area contributed by atoms with E-state index in [9.17, 15) is 10.1 Å². The molecule has 1 aromatic heterocycles. The monoisotopic (exact) mass is 306 g/mol. The minimum Gasteiger partial charge on any atom is -0.490 e. The van der Waals surface area contributed by atoms with E-state index in [0.29, 0.717) is 0 Å². The predicted molar refractivity (Wildman–Crippen MR) is 85.5 cm³/mol. The predicted octanol–water partition coefficient (Wildman–Crippen LogP) is 4.45. The van der Waals surface area contributed by atoms with Gasteiger partial charge in [0.05, 0.1) is 12.0 Å². The van der Waals surface area contributed by atoms with Crippen molar-refractivity contribution in [3.8, 4) is 5.75 Å². The molecular formula is C15H18N2O3S. The average molecular weight is 306 g/mol. The molecule has 21 heavy (non-hydrogen) atoms. The molecule has 0 spiro atoms. The number of aryl methyl sites for hydroxylation is 2. The normalized spacial score (nSPS) is 12.0. The van der Waals surface area contributed by atoms with E-state index in [0.717, 1.165) is 5.69 Å². The third kappa shape index (κ3) is 3.33. The molecule has 1 unspecified atom stereocenters. The van der Waals surface area contributed by atoms with Crippen molar-refractivity contribution in [1.29, 1.82) is 0 Å². The van der Waals surface area contributed by atoms with E-state index in [2.05, 4.69) is 32.2 Å². The Balaban J connectivity index is 2.23. The molecule has 5 nitrogen and oxygen atoms in total. The number of nitro benzene ring substituents is 1. The van der Waals surface area contributed by atoms with E-state index >= 15 is 0 Å². The molecule has 0 radical (unpaired) electrons. The summed E-state index contributed by atoms with van der Waals surface area (Å²) >= 11 is 1.77. The molecule has 0 saturated carbocycles. The molecular weight excluding hydrogens is 288 g/mol. The highest BCUT2D eigenvalue weighted by molar-refractivity contribution is 7.12. The van der Waals surface area contributed by atoms with E-state index in [1.165, 1.54) is 28.5 Å². The lowest BCUT2D eigenvalue weighted by atomic mass is 10.1. The van der Waals surface area contributed by atoms with Crippen LogP contribution >= 0.6 is 11.3 Å². The van der Waals surface area contributed by atoms with E-state index < -0.39 is 4.92 Å². The quantitative estimate of drug-likeness (QED) is 0.654. The SMILES string of the molecule is COc1cc(NC(C)c2cc(C)sc2C)ccc1[N+](=O)[O-]. The van der Waals surface area contributed by atoms with Crippen LogP contribution in [0.4, 0.5) is 11.4 Å². The number of hydrogen-bond acceptors (Lipinski definition) is 5. The molecule has 2 rings (SSSR count). The first-order valence-electron chi connectivity index (χ1n) is 6.58. The van der Waals surface area contributed by atoms with Crippen molar-refractivity contribution >= 4 is 22.7 Å². The minimum absolute atomic E-state index is 0.0294. The summed E-state index contributed by atoms with van der Waals surface area (Å²) in [6.45, 7) is 6.26. The number of nitrogens with zero attached hydrogens (tertiary/aromatic N) is 1. The Morgan fingerprint density at radius 2 is 2.05 bits per heavy atom. The van der Waals surface area contributed by atoms with Gasteiger partial charge in [0, 0.05) is 33.6 Å². The molecule has 1 heterocycles. The lowest BCUT2D eigenvalue weighted by Crippen LogP contribution is -2.07. The van der Waals surface area contributed by atoms with E-state index in [1.807, 2.05) is 0 Å². The fraction of sp³-hybridized carbons (Fsp3) is 0.333. The Bertz CT molecular complexity index is 667. The van der Waals surface area contributed by atoms with Gasteiger partial charge < -0.3 is 10.1 Å². The van der Waals surface area contributed by atoms with Gasteiger partial charge in [-0.3, -0.25) is 10.1 Å². The molecule has 1 aromatic carbocycles. The Kier molecular flexibility index (Phi) is 4.47. The largest absolute Gasteiger partial charge is 0.490 e. The molecule has 112 valence electrons. The summed E-state index contributed by atoms with van der Waals surface area (Å²) in [7, 11) is 1.43. The molecule has 0 fully saturated rings. The summed E-state index contributed by atoms with van der Waals surface area (Å²) in [4.78, 5) is 13.0. The van der Waals surface area contributed by atoms with Gasteiger partial charge in [0.1, 0.15) is 0 Å². The van der Waals surface area contributed by atoms with Crippen molar-refractivity contribution in [3.05, 3.63) is 49.7 Å². The smallest absolute Gasteiger partial charge is 0.311 e. The second-order valence-electron chi connectivity index (χ2n) is 4.88. The molecule has 0 aliphatic rings. The number of rotatable bonds is 5. The minimum atomic E-state index is -0.446. The molecule has 0 aliphatic carbocycles. The number of anilines is 1. The van der Waals surface area contributed by atoms with Crippen LogP contribution in [0.5, 0.6) is 5.75 Å². The average Bonchev–Trinajstić information content (AvgIpc) is 2.77. The first-order valence-corrected chi connectivity index (χ1v) is 7.40. The molecule has 6 heteroatoms. The second kappa shape index (κ2) is 6.13. The topological polar surface area (TPSA) is 64.4 Å². The van der Waals surface area contributed by atoms with Crippen LogP contribution in [0.3, 0.4) is 0 Å². The maximum Gasteiger partial charge on any atom is 0.311 e. The van der Waals surface area contributed by atoms with Gasteiger partial charge in [-0.15, -0.1) is 11.3 Å². The maximum absolute atomic E-state index is 10.9. The number of nitro groups is 1. The number of benzene rings is 1. The molecule has 0 saturated heterocycles. The molecule has 0 amide bonds. The molecule has 0 aliphatic heterocycles. The zero-order valence-electron chi connectivity index (χ0n) is 12.5. The summed E-state index contributed by atoms with van der Waals surface area (Å²) < 4.78 is 5.08. The number of hydrogen-bond donors (Lipinski definition) is 1. The molecule has 1 N–H and O–H groups in total. The Labute approximate surface area is 127 Å². The molecule has 1 atom stereocenters. The number of thiophene rings is 1. The van der Waals surface area contributed by atoms with Gasteiger partial charge in [-0.05, 0) is 38.5 Å². The fourth-order valence-corrected chi connectivity index (χ4v) is 3.35. The highest BCUT2D eigenvalue weighted by Gasteiger charge is 2.16. The van der Waals surface area contributed by atoms with Crippen molar-refractivity contribution in [2.45, 2.75) is 26.8 Å². The van der Waals surface area contributed by atoms with Crippen molar-refractivity contribution in [3.63, 3.8) is 0 Å². The van der Waals surface area contributed by atoms with E-state index in [1.54, 1.807) is 23.5 Å². The lowest BCUT2D eigenvalue weighted by molar-refractivity contribution is -0.385. The van der Waals surface area contributed by atoms with Crippen LogP contribution in [0.25, 0.3) is 0 Å². The fourth-order valence-electron chi connectivity index (χ4n) is 2.33. The van der Waals surface area contributed by atoms with Crippen LogP contribution in [0.15, 0.2) is 24.3 Å². The Morgan fingerprint density at radius 3 is 2.57 bits per heavy atom. The first kappa shape index (κ1) is 15.3. The van der Waals surface area contributed by atoms with Crippen molar-refractivity contribution in [2.24, 2.45) is 0 Å². The van der Waals surface area contributed by atoms with Gasteiger partial charge >= 0.3 is 5.69 Å². The van der Waals surface area contributed by atoms with Gasteiger partial charge in [0.15, 0.2) is 5.75 Å². The van der Waals surface area contributed by atoms with Gasteiger partial charge in [-0.2, -0.15) is 0 Å². The number of nitrogens with one attached hydrogen (secondary N) is 1. The van der Waals surface area contributed by atoms with Crippen LogP contribution in [-0.2, 0) is 0 Å². The Hall–Kier alpha value is -2.08. The lowest BCUT2D eigenvalue weighted by Gasteiger charge is -2.16. The summed E-state index contributed by atoms with van der Waals surface area (Å²) in [5.41, 5.74) is 2.02. The van der Waals surface area contributed by atoms with Crippen molar-refractivity contribution in [2.75, 3.05) is 12.4 Å². The van der Waals surface area contributed by atoms with Gasteiger partial charge in [0.2, 0.25) is 0 Å². The van der Waals surface area contributed by atoms with Crippen LogP contribution in [0.2, 0.25) is 0 Å². The van der Waals surface area contributed by atoms with Crippen LogP contribution in [0.1, 0.15) is 28.3 Å². The molecule has 0 bridgehead atoms. The van der Waals surface area contributed by atoms with Crippen molar-refractivity contribution < 1.29 is 9.66 Å². The molecule has 2 aromatic rings. The second-order valence-corrected chi connectivity index (χ2v) is 6.34. The summed E-state index contributed by atoms with van der Waals surface area (Å²) in [6.07, 6.45) is 0. The summed E-state index contributed by atoms with van der Waals surface area (Å²) in [5, 5.41) is 14.2. The van der Waals surface area contributed by atoms with E-state index in [4.69, 9.17) is 4.74 Å². The highest BCUT2D eigenvalue weighted by Crippen LogP contribution is 2.33. The van der Waals surface area contributed by atoms with E-state index in [-0.39, 0.29) is 17.5 Å². The van der Waals surface area contributed by atoms with Crippen LogP contribution in [-0.4, -0.2) is 12.0 Å². The number of methoxy groups -OCH3 is 1. The van der Waals surface area contributed by atoms with Crippen LogP contribution < -0.4 is 10.1 Å². The Morgan fingerprint density at radius 1 is 1.33 bits per heavy atom. The number of ether oxygens (including phenoxy) is 1. The summed E-state index contributed by atoms with van der Waals surface area (Å²) in [6, 6.07) is 7.11. The zero-order chi connectivity index (χ0) is 15.6. The van der Waals surface area contributed by atoms with Gasteiger partial charge in [-0.1, -0.05) is 0 Å². The summed E-state index contributed by atoms with van der Waals surface area (Å²) in [5.74, 6) is 0.260.